The van der Waals surface area contributed by atoms with Gasteiger partial charge in [-0.1, -0.05) is 11.6 Å². The number of carbonyl (C=O) groups excluding carboxylic acids is 1. The maximum Gasteiger partial charge on any atom is 0.251 e. The highest BCUT2D eigenvalue weighted by atomic mass is 35.5. The predicted molar refractivity (Wildman–Crippen MR) is 74.8 cm³/mol. The van der Waals surface area contributed by atoms with E-state index in [0.29, 0.717) is 12.1 Å². The predicted octanol–water partition coefficient (Wildman–Crippen LogP) is 0.681. The van der Waals surface area contributed by atoms with Crippen LogP contribution in [0.4, 0.5) is 0 Å². The first kappa shape index (κ1) is 14.1. The van der Waals surface area contributed by atoms with E-state index in [4.69, 9.17) is 11.6 Å². The first-order valence-corrected chi connectivity index (χ1v) is 6.74. The Hall–Kier alpha value is -1.30. The van der Waals surface area contributed by atoms with E-state index < -0.39 is 0 Å². The molecule has 1 heterocycles. The molecule has 0 saturated carbocycles. The number of piperazine rings is 1. The van der Waals surface area contributed by atoms with Crippen LogP contribution in [-0.2, 0) is 0 Å². The van der Waals surface area contributed by atoms with E-state index in [9.17, 15) is 9.90 Å². The molecule has 1 saturated heterocycles. The number of nitrogens with zero attached hydrogens (tertiary/aromatic N) is 1. The minimum Gasteiger partial charge on any atom is -0.506 e. The van der Waals surface area contributed by atoms with Gasteiger partial charge in [0.1, 0.15) is 5.75 Å². The molecule has 0 aliphatic carbocycles. The van der Waals surface area contributed by atoms with Gasteiger partial charge in [0.25, 0.3) is 5.91 Å². The third-order valence-electron chi connectivity index (χ3n) is 3.13. The second kappa shape index (κ2) is 6.75. The van der Waals surface area contributed by atoms with Crippen LogP contribution >= 0.6 is 11.6 Å². The molecule has 2 rings (SSSR count). The van der Waals surface area contributed by atoms with Crippen molar-refractivity contribution in [3.8, 4) is 5.75 Å². The van der Waals surface area contributed by atoms with E-state index in [1.54, 1.807) is 6.07 Å². The summed E-state index contributed by atoms with van der Waals surface area (Å²) >= 11 is 5.77. The zero-order valence-electron chi connectivity index (χ0n) is 10.7. The number of aromatic hydroxyl groups is 1. The molecule has 5 nitrogen and oxygen atoms in total. The van der Waals surface area contributed by atoms with Gasteiger partial charge in [0, 0.05) is 44.8 Å². The van der Waals surface area contributed by atoms with E-state index in [2.05, 4.69) is 15.5 Å². The van der Waals surface area contributed by atoms with Crippen molar-refractivity contribution in [3.05, 3.63) is 28.8 Å². The lowest BCUT2D eigenvalue weighted by Gasteiger charge is -2.27. The molecule has 0 unspecified atom stereocenters. The second-order valence-electron chi connectivity index (χ2n) is 4.51. The van der Waals surface area contributed by atoms with Crippen molar-refractivity contribution < 1.29 is 9.90 Å². The van der Waals surface area contributed by atoms with Crippen LogP contribution in [0.25, 0.3) is 0 Å². The van der Waals surface area contributed by atoms with E-state index in [1.165, 1.54) is 12.1 Å². The number of hydrogen-bond donors (Lipinski definition) is 3. The standard InChI is InChI=1S/C13H18ClN3O2/c14-11-9-10(1-2-12(11)18)13(19)16-5-8-17-6-3-15-4-7-17/h1-2,9,15,18H,3-8H2,(H,16,19). The highest BCUT2D eigenvalue weighted by Crippen LogP contribution is 2.23. The van der Waals surface area contributed by atoms with E-state index in [0.717, 1.165) is 32.7 Å². The van der Waals surface area contributed by atoms with E-state index >= 15 is 0 Å². The third-order valence-corrected chi connectivity index (χ3v) is 3.44. The van der Waals surface area contributed by atoms with Crippen molar-refractivity contribution in [1.82, 2.24) is 15.5 Å². The average molecular weight is 284 g/mol. The smallest absolute Gasteiger partial charge is 0.251 e. The highest BCUT2D eigenvalue weighted by molar-refractivity contribution is 6.32. The van der Waals surface area contributed by atoms with Crippen molar-refractivity contribution in [2.24, 2.45) is 0 Å². The maximum absolute atomic E-state index is 11.9. The molecule has 0 aromatic heterocycles. The number of carbonyl (C=O) groups is 1. The summed E-state index contributed by atoms with van der Waals surface area (Å²) in [6, 6.07) is 4.45. The number of phenolic OH excluding ortho intramolecular Hbond substituents is 1. The summed E-state index contributed by atoms with van der Waals surface area (Å²) in [5.41, 5.74) is 0.461. The topological polar surface area (TPSA) is 64.6 Å². The first-order valence-electron chi connectivity index (χ1n) is 6.36. The number of hydrogen-bond acceptors (Lipinski definition) is 4. The fraction of sp³-hybridized carbons (Fsp3) is 0.462. The first-order chi connectivity index (χ1) is 9.16. The Morgan fingerprint density at radius 3 is 2.84 bits per heavy atom. The van der Waals surface area contributed by atoms with Gasteiger partial charge in [-0.3, -0.25) is 9.69 Å². The maximum atomic E-state index is 11.9. The Bertz CT molecular complexity index is 448. The fourth-order valence-electron chi connectivity index (χ4n) is 2.01. The lowest BCUT2D eigenvalue weighted by atomic mass is 10.2. The molecule has 3 N–H and O–H groups in total. The zero-order valence-corrected chi connectivity index (χ0v) is 11.4. The van der Waals surface area contributed by atoms with Crippen molar-refractivity contribution in [2.75, 3.05) is 39.3 Å². The summed E-state index contributed by atoms with van der Waals surface area (Å²) in [7, 11) is 0. The molecule has 1 aliphatic heterocycles. The molecule has 104 valence electrons. The number of nitrogens with one attached hydrogen (secondary N) is 2. The lowest BCUT2D eigenvalue weighted by molar-refractivity contribution is 0.0947. The molecule has 1 amide bonds. The number of amides is 1. The molecule has 0 spiro atoms. The van der Waals surface area contributed by atoms with Crippen molar-refractivity contribution in [3.63, 3.8) is 0 Å². The highest BCUT2D eigenvalue weighted by Gasteiger charge is 2.11. The molecule has 1 fully saturated rings. The molecule has 0 radical (unpaired) electrons. The molecule has 1 aromatic rings. The van der Waals surface area contributed by atoms with Gasteiger partial charge in [-0.25, -0.2) is 0 Å². The molecule has 0 bridgehead atoms. The van der Waals surface area contributed by atoms with Crippen LogP contribution in [-0.4, -0.2) is 55.2 Å². The lowest BCUT2D eigenvalue weighted by Crippen LogP contribution is -2.46. The van der Waals surface area contributed by atoms with Crippen LogP contribution in [0.2, 0.25) is 5.02 Å². The second-order valence-corrected chi connectivity index (χ2v) is 4.92. The Balaban J connectivity index is 1.78. The minimum absolute atomic E-state index is 0.0148. The Kier molecular flexibility index (Phi) is 5.01. The van der Waals surface area contributed by atoms with E-state index in [-0.39, 0.29) is 16.7 Å². The summed E-state index contributed by atoms with van der Waals surface area (Å²) in [5.74, 6) is -0.184. The molecule has 19 heavy (non-hydrogen) atoms. The normalized spacial score (nSPS) is 16.3. The van der Waals surface area contributed by atoms with Gasteiger partial charge < -0.3 is 15.7 Å². The average Bonchev–Trinajstić information content (AvgIpc) is 2.43. The van der Waals surface area contributed by atoms with E-state index in [1.807, 2.05) is 0 Å². The number of rotatable bonds is 4. The van der Waals surface area contributed by atoms with Crippen molar-refractivity contribution in [2.45, 2.75) is 0 Å². The molecule has 1 aromatic carbocycles. The Morgan fingerprint density at radius 2 is 2.16 bits per heavy atom. The van der Waals surface area contributed by atoms with Crippen LogP contribution in [0.5, 0.6) is 5.75 Å². The number of phenols is 1. The van der Waals surface area contributed by atoms with Gasteiger partial charge in [0.05, 0.1) is 5.02 Å². The quantitative estimate of drug-likeness (QED) is 0.760. The molecule has 1 aliphatic rings. The summed E-state index contributed by atoms with van der Waals surface area (Å²) < 4.78 is 0. The third kappa shape index (κ3) is 4.09. The fourth-order valence-corrected chi connectivity index (χ4v) is 2.19. The Labute approximate surface area is 117 Å². The summed E-state index contributed by atoms with van der Waals surface area (Å²) in [5, 5.41) is 15.6. The summed E-state index contributed by atoms with van der Waals surface area (Å²) in [4.78, 5) is 14.2. The summed E-state index contributed by atoms with van der Waals surface area (Å²) in [6.07, 6.45) is 0. The zero-order chi connectivity index (χ0) is 13.7. The van der Waals surface area contributed by atoms with Crippen molar-refractivity contribution in [1.29, 1.82) is 0 Å². The summed E-state index contributed by atoms with van der Waals surface area (Å²) in [6.45, 7) is 5.49. The van der Waals surface area contributed by atoms with Crippen LogP contribution < -0.4 is 10.6 Å². The monoisotopic (exact) mass is 283 g/mol. The van der Waals surface area contributed by atoms with Crippen LogP contribution in [0.3, 0.4) is 0 Å². The van der Waals surface area contributed by atoms with Crippen LogP contribution in [0.1, 0.15) is 10.4 Å². The Morgan fingerprint density at radius 1 is 1.42 bits per heavy atom. The molecule has 0 atom stereocenters. The van der Waals surface area contributed by atoms with Crippen LogP contribution in [0, 0.1) is 0 Å². The molecule has 6 heteroatoms. The molecular formula is C13H18ClN3O2. The van der Waals surface area contributed by atoms with Gasteiger partial charge in [0.2, 0.25) is 0 Å². The van der Waals surface area contributed by atoms with Gasteiger partial charge in [0.15, 0.2) is 0 Å². The van der Waals surface area contributed by atoms with Gasteiger partial charge in [-0.05, 0) is 18.2 Å². The minimum atomic E-state index is -0.169. The van der Waals surface area contributed by atoms with Gasteiger partial charge in [-0.15, -0.1) is 0 Å². The largest absolute Gasteiger partial charge is 0.506 e. The van der Waals surface area contributed by atoms with Crippen molar-refractivity contribution >= 4 is 17.5 Å². The number of benzene rings is 1. The van der Waals surface area contributed by atoms with Gasteiger partial charge in [-0.2, -0.15) is 0 Å². The number of halogens is 1. The van der Waals surface area contributed by atoms with Crippen LogP contribution in [0.15, 0.2) is 18.2 Å². The van der Waals surface area contributed by atoms with Gasteiger partial charge >= 0.3 is 0 Å². The molecular weight excluding hydrogens is 266 g/mol. The SMILES string of the molecule is O=C(NCCN1CCNCC1)c1ccc(O)c(Cl)c1.